The first-order chi connectivity index (χ1) is 15.6. The maximum atomic E-state index is 14.0. The van der Waals surface area contributed by atoms with Gasteiger partial charge >= 0.3 is 0 Å². The Labute approximate surface area is 192 Å². The van der Waals surface area contributed by atoms with Gasteiger partial charge in [-0.1, -0.05) is 20.8 Å². The first-order valence-corrected chi connectivity index (χ1v) is 11.2. The number of carbonyl (C=O) groups is 2. The number of hydrogen-bond acceptors (Lipinski definition) is 6. The number of aromatic nitrogens is 2. The topological polar surface area (TPSA) is 126 Å². The Morgan fingerprint density at radius 2 is 2.00 bits per heavy atom. The maximum absolute atomic E-state index is 14.0. The molecule has 0 aliphatic carbocycles. The molecule has 33 heavy (non-hydrogen) atoms. The second-order valence-electron chi connectivity index (χ2n) is 9.60. The Bertz CT molecular complexity index is 981. The lowest BCUT2D eigenvalue weighted by atomic mass is 9.86. The largest absolute Gasteiger partial charge is 0.394 e. The van der Waals surface area contributed by atoms with Gasteiger partial charge in [-0.3, -0.25) is 14.3 Å². The second kappa shape index (κ2) is 10.6. The van der Waals surface area contributed by atoms with Crippen molar-refractivity contribution in [3.8, 4) is 0 Å². The normalized spacial score (nSPS) is 17.0. The summed E-state index contributed by atoms with van der Waals surface area (Å²) in [5.41, 5.74) is 0.000191. The molecule has 2 amide bonds. The SMILES string of the molecule is CC(C)(C)[C@H](NC(=O)c1nn(CC2CCOCC2)c2cc(F)ccc12)C(=O)NC[C@@H](O)CO. The van der Waals surface area contributed by atoms with Crippen molar-refractivity contribution in [2.24, 2.45) is 11.3 Å². The summed E-state index contributed by atoms with van der Waals surface area (Å²) in [6.45, 7) is 6.65. The zero-order valence-corrected chi connectivity index (χ0v) is 19.3. The molecule has 3 rings (SSSR count). The first kappa shape index (κ1) is 25.1. The fraction of sp³-hybridized carbons (Fsp3) is 0.609. The zero-order chi connectivity index (χ0) is 24.2. The van der Waals surface area contributed by atoms with Crippen LogP contribution in [0.4, 0.5) is 4.39 Å². The summed E-state index contributed by atoms with van der Waals surface area (Å²) in [5.74, 6) is -1.14. The van der Waals surface area contributed by atoms with E-state index in [2.05, 4.69) is 15.7 Å². The van der Waals surface area contributed by atoms with Gasteiger partial charge in [-0.05, 0) is 42.4 Å². The number of nitrogens with zero attached hydrogens (tertiary/aromatic N) is 2. The van der Waals surface area contributed by atoms with E-state index in [0.717, 1.165) is 12.8 Å². The number of aliphatic hydroxyl groups excluding tert-OH is 2. The molecule has 1 aliphatic heterocycles. The number of halogens is 1. The quantitative estimate of drug-likeness (QED) is 0.465. The molecule has 2 atom stereocenters. The Hall–Kier alpha value is -2.56. The highest BCUT2D eigenvalue weighted by molar-refractivity contribution is 6.06. The van der Waals surface area contributed by atoms with Crippen LogP contribution in [-0.4, -0.2) is 70.3 Å². The van der Waals surface area contributed by atoms with Crippen LogP contribution in [0.3, 0.4) is 0 Å². The van der Waals surface area contributed by atoms with Crippen LogP contribution >= 0.6 is 0 Å². The molecule has 2 heterocycles. The van der Waals surface area contributed by atoms with Crippen LogP contribution in [0.2, 0.25) is 0 Å². The summed E-state index contributed by atoms with van der Waals surface area (Å²) >= 11 is 0. The van der Waals surface area contributed by atoms with Crippen LogP contribution in [0, 0.1) is 17.2 Å². The lowest BCUT2D eigenvalue weighted by molar-refractivity contribution is -0.125. The minimum atomic E-state index is -1.09. The van der Waals surface area contributed by atoms with Gasteiger partial charge in [-0.2, -0.15) is 5.10 Å². The van der Waals surface area contributed by atoms with Gasteiger partial charge in [0.1, 0.15) is 11.9 Å². The molecule has 1 aromatic heterocycles. The Morgan fingerprint density at radius 1 is 1.30 bits per heavy atom. The van der Waals surface area contributed by atoms with Gasteiger partial charge in [0, 0.05) is 31.7 Å². The molecule has 2 aromatic rings. The van der Waals surface area contributed by atoms with Crippen molar-refractivity contribution in [3.05, 3.63) is 29.7 Å². The van der Waals surface area contributed by atoms with Crippen molar-refractivity contribution >= 4 is 22.7 Å². The number of fused-ring (bicyclic) bond motifs is 1. The number of aliphatic hydroxyl groups is 2. The minimum absolute atomic E-state index is 0.120. The predicted octanol–water partition coefficient (Wildman–Crippen LogP) is 1.22. The molecular weight excluding hydrogens is 431 g/mol. The van der Waals surface area contributed by atoms with E-state index in [9.17, 15) is 19.1 Å². The fourth-order valence-corrected chi connectivity index (χ4v) is 3.89. The first-order valence-electron chi connectivity index (χ1n) is 11.2. The van der Waals surface area contributed by atoms with Crippen LogP contribution in [0.15, 0.2) is 18.2 Å². The van der Waals surface area contributed by atoms with E-state index < -0.39 is 41.8 Å². The predicted molar refractivity (Wildman–Crippen MR) is 120 cm³/mol. The third kappa shape index (κ3) is 6.27. The van der Waals surface area contributed by atoms with Crippen molar-refractivity contribution in [1.82, 2.24) is 20.4 Å². The highest BCUT2D eigenvalue weighted by Gasteiger charge is 2.34. The fourth-order valence-electron chi connectivity index (χ4n) is 3.89. The molecule has 1 saturated heterocycles. The number of nitrogens with one attached hydrogen (secondary N) is 2. The monoisotopic (exact) mass is 464 g/mol. The third-order valence-corrected chi connectivity index (χ3v) is 5.83. The average Bonchev–Trinajstić information content (AvgIpc) is 3.12. The molecule has 0 radical (unpaired) electrons. The van der Waals surface area contributed by atoms with Gasteiger partial charge in [0.05, 0.1) is 18.2 Å². The lowest BCUT2D eigenvalue weighted by Gasteiger charge is -2.30. The lowest BCUT2D eigenvalue weighted by Crippen LogP contribution is -2.54. The summed E-state index contributed by atoms with van der Waals surface area (Å²) in [6, 6.07) is 3.25. The number of benzene rings is 1. The molecule has 4 N–H and O–H groups in total. The van der Waals surface area contributed by atoms with Gasteiger partial charge in [0.15, 0.2) is 5.69 Å². The minimum Gasteiger partial charge on any atom is -0.394 e. The summed E-state index contributed by atoms with van der Waals surface area (Å²) < 4.78 is 21.1. The van der Waals surface area contributed by atoms with E-state index >= 15 is 0 Å². The molecule has 10 heteroatoms. The number of carbonyl (C=O) groups excluding carboxylic acids is 2. The van der Waals surface area contributed by atoms with Crippen LogP contribution in [0.1, 0.15) is 44.1 Å². The summed E-state index contributed by atoms with van der Waals surface area (Å²) in [7, 11) is 0. The van der Waals surface area contributed by atoms with Crippen LogP contribution in [0.5, 0.6) is 0 Å². The van der Waals surface area contributed by atoms with E-state index in [1.165, 1.54) is 18.2 Å². The number of hydrogen-bond donors (Lipinski definition) is 4. The number of ether oxygens (including phenoxy) is 1. The molecule has 9 nitrogen and oxygen atoms in total. The van der Waals surface area contributed by atoms with Crippen LogP contribution < -0.4 is 10.6 Å². The molecule has 1 aromatic carbocycles. The van der Waals surface area contributed by atoms with E-state index in [1.54, 1.807) is 25.5 Å². The summed E-state index contributed by atoms with van der Waals surface area (Å²) in [4.78, 5) is 26.0. The smallest absolute Gasteiger partial charge is 0.273 e. The maximum Gasteiger partial charge on any atom is 0.273 e. The molecule has 182 valence electrons. The van der Waals surface area contributed by atoms with Gasteiger partial charge < -0.3 is 25.6 Å². The van der Waals surface area contributed by atoms with Crippen molar-refractivity contribution in [3.63, 3.8) is 0 Å². The summed E-state index contributed by atoms with van der Waals surface area (Å²) in [5, 5.41) is 28.8. The van der Waals surface area contributed by atoms with Crippen molar-refractivity contribution in [2.45, 2.75) is 52.3 Å². The molecule has 0 bridgehead atoms. The molecule has 1 aliphatic rings. The van der Waals surface area contributed by atoms with Gasteiger partial charge in [-0.15, -0.1) is 0 Å². The van der Waals surface area contributed by atoms with Crippen LogP contribution in [0.25, 0.3) is 10.9 Å². The third-order valence-electron chi connectivity index (χ3n) is 5.83. The number of rotatable bonds is 8. The second-order valence-corrected chi connectivity index (χ2v) is 9.60. The Balaban J connectivity index is 1.85. The van der Waals surface area contributed by atoms with Crippen molar-refractivity contribution in [2.75, 3.05) is 26.4 Å². The highest BCUT2D eigenvalue weighted by Crippen LogP contribution is 2.25. The molecule has 1 fully saturated rings. The van der Waals surface area contributed by atoms with Crippen LogP contribution in [-0.2, 0) is 16.1 Å². The average molecular weight is 465 g/mol. The van der Waals surface area contributed by atoms with E-state index in [-0.39, 0.29) is 12.2 Å². The standard InChI is InChI=1S/C23H33FN4O5/c1-23(2,3)20(22(32)25-11-16(30)13-29)26-21(31)19-17-5-4-15(24)10-18(17)28(27-19)12-14-6-8-33-9-7-14/h4-5,10,14,16,20,29-30H,6-9,11-13H2,1-3H3,(H,25,32)(H,26,31)/t16-,20-/m1/s1. The molecule has 0 saturated carbocycles. The Kier molecular flexibility index (Phi) is 8.04. The van der Waals surface area contributed by atoms with Gasteiger partial charge in [-0.25, -0.2) is 4.39 Å². The van der Waals surface area contributed by atoms with E-state index in [1.807, 2.05) is 0 Å². The summed E-state index contributed by atoms with van der Waals surface area (Å²) in [6.07, 6.45) is 0.638. The van der Waals surface area contributed by atoms with Gasteiger partial charge in [0.25, 0.3) is 5.91 Å². The van der Waals surface area contributed by atoms with E-state index in [0.29, 0.717) is 36.6 Å². The highest BCUT2D eigenvalue weighted by atomic mass is 19.1. The van der Waals surface area contributed by atoms with Crippen molar-refractivity contribution in [1.29, 1.82) is 0 Å². The van der Waals surface area contributed by atoms with E-state index in [4.69, 9.17) is 9.84 Å². The molecule has 0 unspecified atom stereocenters. The number of amides is 2. The van der Waals surface area contributed by atoms with Crippen molar-refractivity contribution < 1.29 is 28.9 Å². The molecule has 0 spiro atoms. The zero-order valence-electron chi connectivity index (χ0n) is 19.3. The Morgan fingerprint density at radius 3 is 2.64 bits per heavy atom. The molecular formula is C23H33FN4O5. The van der Waals surface area contributed by atoms with Gasteiger partial charge in [0.2, 0.25) is 5.91 Å².